The Morgan fingerprint density at radius 1 is 1.44 bits per heavy atom. The van der Waals surface area contributed by atoms with Gasteiger partial charge >= 0.3 is 5.92 Å². The van der Waals surface area contributed by atoms with Crippen LogP contribution in [0.3, 0.4) is 0 Å². The van der Waals surface area contributed by atoms with Gasteiger partial charge in [-0.3, -0.25) is 10.1 Å². The third kappa shape index (κ3) is 2.53. The van der Waals surface area contributed by atoms with E-state index < -0.39 is 24.4 Å². The molecule has 1 saturated heterocycles. The fourth-order valence-electron chi connectivity index (χ4n) is 2.06. The van der Waals surface area contributed by atoms with E-state index in [1.807, 2.05) is 0 Å². The van der Waals surface area contributed by atoms with E-state index in [1.54, 1.807) is 12.2 Å². The number of hydrazine groups is 1. The number of hydrogen-bond donors (Lipinski definition) is 3. The van der Waals surface area contributed by atoms with Crippen LogP contribution in [-0.4, -0.2) is 64.5 Å². The Morgan fingerprint density at radius 2 is 2.17 bits per heavy atom. The lowest BCUT2D eigenvalue weighted by atomic mass is 10.1. The van der Waals surface area contributed by atoms with Crippen molar-refractivity contribution in [2.24, 2.45) is 0 Å². The van der Waals surface area contributed by atoms with Crippen molar-refractivity contribution in [1.82, 2.24) is 15.5 Å². The molecule has 0 aliphatic carbocycles. The maximum absolute atomic E-state index is 13.8. The lowest BCUT2D eigenvalue weighted by molar-refractivity contribution is -0.220. The predicted octanol–water partition coefficient (Wildman–Crippen LogP) is -0.248. The summed E-state index contributed by atoms with van der Waals surface area (Å²) in [5.41, 5.74) is 2.59. The first kappa shape index (κ1) is 13.8. The first-order valence-electron chi connectivity index (χ1n) is 5.73. The SMILES string of the molecule is C[C@H]1O[C@@H](N2C/C=C\CNN(O)C2)C(F)(F)[C@@H]1O. The molecule has 0 aromatic carbocycles. The fraction of sp³-hybridized carbons (Fsp3) is 0.800. The topological polar surface area (TPSA) is 68.2 Å². The van der Waals surface area contributed by atoms with Crippen LogP contribution < -0.4 is 5.43 Å². The molecule has 1 fully saturated rings. The van der Waals surface area contributed by atoms with Gasteiger partial charge in [0.25, 0.3) is 0 Å². The number of nitrogens with one attached hydrogen (secondary N) is 1. The molecule has 0 aromatic heterocycles. The van der Waals surface area contributed by atoms with E-state index in [0.717, 1.165) is 5.17 Å². The van der Waals surface area contributed by atoms with Gasteiger partial charge in [0.1, 0.15) is 6.10 Å². The Bertz CT molecular complexity index is 329. The van der Waals surface area contributed by atoms with Crippen LogP contribution in [0.25, 0.3) is 0 Å². The van der Waals surface area contributed by atoms with Crippen LogP contribution in [0.4, 0.5) is 8.78 Å². The molecule has 18 heavy (non-hydrogen) atoms. The smallest absolute Gasteiger partial charge is 0.314 e. The first-order chi connectivity index (χ1) is 8.43. The number of halogens is 2. The zero-order valence-electron chi connectivity index (χ0n) is 9.96. The summed E-state index contributed by atoms with van der Waals surface area (Å²) < 4.78 is 32.8. The second kappa shape index (κ2) is 5.16. The summed E-state index contributed by atoms with van der Waals surface area (Å²) in [5, 5.41) is 19.6. The monoisotopic (exact) mass is 265 g/mol. The van der Waals surface area contributed by atoms with Gasteiger partial charge in [0, 0.05) is 13.1 Å². The molecule has 6 nitrogen and oxygen atoms in total. The number of alkyl halides is 2. The third-order valence-corrected chi connectivity index (χ3v) is 3.06. The molecule has 2 aliphatic rings. The van der Waals surface area contributed by atoms with Crippen LogP contribution >= 0.6 is 0 Å². The molecule has 2 heterocycles. The molecule has 2 aliphatic heterocycles. The number of hydroxylamine groups is 1. The summed E-state index contributed by atoms with van der Waals surface area (Å²) in [4.78, 5) is 1.25. The van der Waals surface area contributed by atoms with E-state index in [4.69, 9.17) is 4.74 Å². The van der Waals surface area contributed by atoms with Crippen molar-refractivity contribution in [2.75, 3.05) is 19.8 Å². The first-order valence-corrected chi connectivity index (χ1v) is 5.73. The fourth-order valence-corrected chi connectivity index (χ4v) is 2.06. The highest BCUT2D eigenvalue weighted by Gasteiger charge is 2.59. The average molecular weight is 265 g/mol. The second-order valence-corrected chi connectivity index (χ2v) is 4.46. The minimum atomic E-state index is -3.37. The molecule has 8 heteroatoms. The van der Waals surface area contributed by atoms with E-state index in [-0.39, 0.29) is 13.2 Å². The second-order valence-electron chi connectivity index (χ2n) is 4.46. The third-order valence-electron chi connectivity index (χ3n) is 3.06. The molecule has 104 valence electrons. The molecule has 0 aromatic rings. The van der Waals surface area contributed by atoms with Gasteiger partial charge in [-0.1, -0.05) is 12.2 Å². The highest BCUT2D eigenvalue weighted by molar-refractivity contribution is 4.98. The van der Waals surface area contributed by atoms with E-state index in [0.29, 0.717) is 6.54 Å². The van der Waals surface area contributed by atoms with E-state index in [9.17, 15) is 19.1 Å². The summed E-state index contributed by atoms with van der Waals surface area (Å²) >= 11 is 0. The maximum atomic E-state index is 13.8. The maximum Gasteiger partial charge on any atom is 0.314 e. The van der Waals surface area contributed by atoms with E-state index in [1.165, 1.54) is 11.8 Å². The highest BCUT2D eigenvalue weighted by Crippen LogP contribution is 2.37. The van der Waals surface area contributed by atoms with Gasteiger partial charge in [0.15, 0.2) is 6.23 Å². The number of hydrogen-bond acceptors (Lipinski definition) is 6. The van der Waals surface area contributed by atoms with Crippen LogP contribution in [-0.2, 0) is 4.74 Å². The summed E-state index contributed by atoms with van der Waals surface area (Å²) in [6.07, 6.45) is -0.921. The number of rotatable bonds is 1. The van der Waals surface area contributed by atoms with E-state index >= 15 is 0 Å². The van der Waals surface area contributed by atoms with Crippen molar-refractivity contribution in [3.05, 3.63) is 12.2 Å². The molecule has 0 unspecified atom stereocenters. The molecule has 0 saturated carbocycles. The Labute approximate surface area is 103 Å². The molecule has 3 atom stereocenters. The summed E-state index contributed by atoms with van der Waals surface area (Å²) in [7, 11) is 0. The Balaban J connectivity index is 2.14. The van der Waals surface area contributed by atoms with Gasteiger partial charge in [-0.2, -0.15) is 8.78 Å². The van der Waals surface area contributed by atoms with Gasteiger partial charge in [0.2, 0.25) is 0 Å². The Kier molecular flexibility index (Phi) is 3.95. The zero-order chi connectivity index (χ0) is 13.3. The van der Waals surface area contributed by atoms with Gasteiger partial charge in [-0.05, 0) is 6.92 Å². The number of aliphatic hydroxyl groups excluding tert-OH is 1. The molecule has 0 spiro atoms. The Hall–Kier alpha value is -0.640. The van der Waals surface area contributed by atoms with Gasteiger partial charge < -0.3 is 9.84 Å². The summed E-state index contributed by atoms with van der Waals surface area (Å²) in [6, 6.07) is 0. The molecular weight excluding hydrogens is 248 g/mol. The van der Waals surface area contributed by atoms with Crippen LogP contribution in [0.15, 0.2) is 12.2 Å². The summed E-state index contributed by atoms with van der Waals surface area (Å²) in [5.74, 6) is -3.37. The van der Waals surface area contributed by atoms with Gasteiger partial charge in [0.05, 0.1) is 12.8 Å². The highest BCUT2D eigenvalue weighted by atomic mass is 19.3. The van der Waals surface area contributed by atoms with Crippen LogP contribution in [0.5, 0.6) is 0 Å². The molecule has 2 rings (SSSR count). The zero-order valence-corrected chi connectivity index (χ0v) is 9.96. The minimum absolute atomic E-state index is 0.149. The standard InChI is InChI=1S/C10H17F2N3O3/c1-7-8(16)10(11,12)9(18-7)14-5-3-2-4-13-15(17)6-14/h2-3,7-9,13,16-17H,4-6H2,1H3/b3-2-/t7-,8-,9-/m1/s1. The molecule has 3 N–H and O–H groups in total. The van der Waals surface area contributed by atoms with Crippen LogP contribution in [0.2, 0.25) is 0 Å². The Morgan fingerprint density at radius 3 is 2.78 bits per heavy atom. The number of ether oxygens (including phenoxy) is 1. The van der Waals surface area contributed by atoms with Crippen molar-refractivity contribution in [2.45, 2.75) is 31.3 Å². The molecular formula is C10H17F2N3O3. The quantitative estimate of drug-likeness (QED) is 0.568. The molecule has 0 radical (unpaired) electrons. The van der Waals surface area contributed by atoms with Crippen molar-refractivity contribution in [3.63, 3.8) is 0 Å². The molecule has 0 amide bonds. The molecule has 0 bridgehead atoms. The minimum Gasteiger partial charge on any atom is -0.384 e. The average Bonchev–Trinajstić information content (AvgIpc) is 2.47. The van der Waals surface area contributed by atoms with Gasteiger partial charge in [-0.25, -0.2) is 5.43 Å². The lowest BCUT2D eigenvalue weighted by Gasteiger charge is -2.34. The van der Waals surface area contributed by atoms with E-state index in [2.05, 4.69) is 5.43 Å². The van der Waals surface area contributed by atoms with Crippen LogP contribution in [0, 0.1) is 0 Å². The normalized spacial score (nSPS) is 40.4. The largest absolute Gasteiger partial charge is 0.384 e. The van der Waals surface area contributed by atoms with Gasteiger partial charge in [-0.15, -0.1) is 5.17 Å². The van der Waals surface area contributed by atoms with Crippen molar-refractivity contribution in [3.8, 4) is 0 Å². The lowest BCUT2D eigenvalue weighted by Crippen LogP contribution is -2.54. The number of nitrogens with zero attached hydrogens (tertiary/aromatic N) is 2. The van der Waals surface area contributed by atoms with Crippen molar-refractivity contribution >= 4 is 0 Å². The van der Waals surface area contributed by atoms with Crippen LogP contribution in [0.1, 0.15) is 6.92 Å². The predicted molar refractivity (Wildman–Crippen MR) is 57.6 cm³/mol. The summed E-state index contributed by atoms with van der Waals surface area (Å²) in [6.45, 7) is 1.88. The van der Waals surface area contributed by atoms with Crippen molar-refractivity contribution < 1.29 is 23.8 Å². The number of aliphatic hydroxyl groups is 1. The van der Waals surface area contributed by atoms with Crippen molar-refractivity contribution in [1.29, 1.82) is 0 Å².